The molecule has 0 aliphatic carbocycles. The number of thiophene rings is 1. The molecule has 3 aromatic rings. The minimum absolute atomic E-state index is 0.0647. The first kappa shape index (κ1) is 17.1. The predicted octanol–water partition coefficient (Wildman–Crippen LogP) is 4.43. The number of carbonyl (C=O) groups is 1. The van der Waals surface area contributed by atoms with E-state index in [1.54, 1.807) is 0 Å². The summed E-state index contributed by atoms with van der Waals surface area (Å²) >= 11 is 1.48. The number of anilines is 2. The first-order valence-corrected chi connectivity index (χ1v) is 9.92. The average Bonchev–Trinajstić information content (AvgIpc) is 3.18. The van der Waals surface area contributed by atoms with Crippen molar-refractivity contribution in [2.75, 3.05) is 23.3 Å². The Morgan fingerprint density at radius 3 is 2.58 bits per heavy atom. The van der Waals surface area contributed by atoms with Gasteiger partial charge in [-0.2, -0.15) is 5.10 Å². The van der Waals surface area contributed by atoms with Crippen LogP contribution in [0.1, 0.15) is 35.1 Å². The van der Waals surface area contributed by atoms with E-state index >= 15 is 0 Å². The largest absolute Gasteiger partial charge is 0.372 e. The van der Waals surface area contributed by atoms with Crippen molar-refractivity contribution in [1.29, 1.82) is 0 Å². The van der Waals surface area contributed by atoms with E-state index in [1.807, 2.05) is 36.9 Å². The van der Waals surface area contributed by atoms with Crippen LogP contribution in [0.2, 0.25) is 0 Å². The molecule has 2 aromatic heterocycles. The van der Waals surface area contributed by atoms with Crippen LogP contribution < -0.4 is 10.2 Å². The highest BCUT2D eigenvalue weighted by atomic mass is 32.1. The molecular formula is C20H24N4OS. The number of hydrogen-bond donors (Lipinski definition) is 1. The zero-order chi connectivity index (χ0) is 18.3. The Kier molecular flexibility index (Phi) is 4.44. The van der Waals surface area contributed by atoms with Crippen molar-refractivity contribution in [3.63, 3.8) is 0 Å². The highest BCUT2D eigenvalue weighted by molar-refractivity contribution is 7.20. The SMILES string of the molecule is Cc1nn(C)c2sc(C(=O)Nc3ccc(N4CCC(C)CC4)cc3)cc12. The Morgan fingerprint density at radius 2 is 1.92 bits per heavy atom. The van der Waals surface area contributed by atoms with Crippen LogP contribution in [-0.2, 0) is 7.05 Å². The summed E-state index contributed by atoms with van der Waals surface area (Å²) in [4.78, 5) is 16.8. The fourth-order valence-corrected chi connectivity index (χ4v) is 4.55. The molecule has 0 saturated carbocycles. The maximum Gasteiger partial charge on any atom is 0.265 e. The monoisotopic (exact) mass is 368 g/mol. The number of amides is 1. The van der Waals surface area contributed by atoms with E-state index in [4.69, 9.17) is 0 Å². The zero-order valence-corrected chi connectivity index (χ0v) is 16.3. The zero-order valence-electron chi connectivity index (χ0n) is 15.5. The van der Waals surface area contributed by atoms with Gasteiger partial charge in [-0.25, -0.2) is 0 Å². The van der Waals surface area contributed by atoms with Gasteiger partial charge in [0.1, 0.15) is 4.83 Å². The molecule has 1 aromatic carbocycles. The van der Waals surface area contributed by atoms with Gasteiger partial charge in [-0.15, -0.1) is 11.3 Å². The molecule has 4 rings (SSSR count). The molecule has 26 heavy (non-hydrogen) atoms. The average molecular weight is 369 g/mol. The number of rotatable bonds is 3. The topological polar surface area (TPSA) is 50.2 Å². The number of aryl methyl sites for hydroxylation is 2. The van der Waals surface area contributed by atoms with E-state index in [9.17, 15) is 4.79 Å². The fourth-order valence-electron chi connectivity index (χ4n) is 3.53. The predicted molar refractivity (Wildman–Crippen MR) is 108 cm³/mol. The maximum atomic E-state index is 12.6. The van der Waals surface area contributed by atoms with E-state index in [0.29, 0.717) is 4.88 Å². The molecule has 0 radical (unpaired) electrons. The summed E-state index contributed by atoms with van der Waals surface area (Å²) in [5.41, 5.74) is 3.02. The quantitative estimate of drug-likeness (QED) is 0.744. The second-order valence-corrected chi connectivity index (χ2v) is 8.24. The molecular weight excluding hydrogens is 344 g/mol. The summed E-state index contributed by atoms with van der Waals surface area (Å²) in [5, 5.41) is 8.45. The number of benzene rings is 1. The lowest BCUT2D eigenvalue weighted by Gasteiger charge is -2.32. The van der Waals surface area contributed by atoms with Crippen LogP contribution in [-0.4, -0.2) is 28.8 Å². The third-order valence-electron chi connectivity index (χ3n) is 5.19. The van der Waals surface area contributed by atoms with Crippen LogP contribution in [0, 0.1) is 12.8 Å². The van der Waals surface area contributed by atoms with Crippen molar-refractivity contribution in [3.05, 3.63) is 40.9 Å². The smallest absolute Gasteiger partial charge is 0.265 e. The molecule has 1 fully saturated rings. The van der Waals surface area contributed by atoms with Crippen molar-refractivity contribution in [1.82, 2.24) is 9.78 Å². The summed E-state index contributed by atoms with van der Waals surface area (Å²) in [6.45, 7) is 6.52. The van der Waals surface area contributed by atoms with Crippen molar-refractivity contribution in [2.45, 2.75) is 26.7 Å². The minimum Gasteiger partial charge on any atom is -0.372 e. The molecule has 1 amide bonds. The highest BCUT2D eigenvalue weighted by Crippen LogP contribution is 2.29. The standard InChI is InChI=1S/C20H24N4OS/c1-13-8-10-24(11-9-13)16-6-4-15(5-7-16)21-19(25)18-12-17-14(2)22-23(3)20(17)26-18/h4-7,12-13H,8-11H2,1-3H3,(H,21,25). The van der Waals surface area contributed by atoms with Crippen LogP contribution in [0.15, 0.2) is 30.3 Å². The van der Waals surface area contributed by atoms with Gasteiger partial charge in [0, 0.05) is 36.9 Å². The van der Waals surface area contributed by atoms with Gasteiger partial charge < -0.3 is 10.2 Å². The first-order valence-electron chi connectivity index (χ1n) is 9.11. The van der Waals surface area contributed by atoms with Crippen LogP contribution in [0.3, 0.4) is 0 Å². The summed E-state index contributed by atoms with van der Waals surface area (Å²) < 4.78 is 1.83. The van der Waals surface area contributed by atoms with Crippen molar-refractivity contribution in [2.24, 2.45) is 13.0 Å². The lowest BCUT2D eigenvalue weighted by molar-refractivity contribution is 0.103. The minimum atomic E-state index is -0.0647. The number of nitrogens with one attached hydrogen (secondary N) is 1. The number of fused-ring (bicyclic) bond motifs is 1. The van der Waals surface area contributed by atoms with E-state index in [2.05, 4.69) is 34.4 Å². The van der Waals surface area contributed by atoms with Crippen molar-refractivity contribution < 1.29 is 4.79 Å². The number of hydrogen-bond acceptors (Lipinski definition) is 4. The molecule has 0 spiro atoms. The summed E-state index contributed by atoms with van der Waals surface area (Å²) in [7, 11) is 1.91. The van der Waals surface area contributed by atoms with Crippen LogP contribution in [0.5, 0.6) is 0 Å². The van der Waals surface area contributed by atoms with E-state index < -0.39 is 0 Å². The molecule has 5 nitrogen and oxygen atoms in total. The fraction of sp³-hybridized carbons (Fsp3) is 0.400. The summed E-state index contributed by atoms with van der Waals surface area (Å²) in [5.74, 6) is 0.759. The third kappa shape index (κ3) is 3.21. The Morgan fingerprint density at radius 1 is 1.23 bits per heavy atom. The number of piperidine rings is 1. The van der Waals surface area contributed by atoms with Crippen molar-refractivity contribution in [3.8, 4) is 0 Å². The summed E-state index contributed by atoms with van der Waals surface area (Å²) in [6, 6.07) is 10.1. The van der Waals surface area contributed by atoms with Gasteiger partial charge in [0.25, 0.3) is 5.91 Å². The maximum absolute atomic E-state index is 12.6. The Labute approximate surface area is 157 Å². The number of carbonyl (C=O) groups excluding carboxylic acids is 1. The van der Waals surface area contributed by atoms with Crippen molar-refractivity contribution >= 4 is 38.8 Å². The molecule has 0 bridgehead atoms. The summed E-state index contributed by atoms with van der Waals surface area (Å²) in [6.07, 6.45) is 2.50. The lowest BCUT2D eigenvalue weighted by Crippen LogP contribution is -2.32. The Balaban J connectivity index is 1.46. The molecule has 136 valence electrons. The third-order valence-corrected chi connectivity index (χ3v) is 6.39. The van der Waals surface area contributed by atoms with Gasteiger partial charge in [-0.1, -0.05) is 6.92 Å². The molecule has 1 N–H and O–H groups in total. The van der Waals surface area contributed by atoms with E-state index in [1.165, 1.54) is 29.9 Å². The van der Waals surface area contributed by atoms with Gasteiger partial charge in [-0.05, 0) is 56.0 Å². The van der Waals surface area contributed by atoms with E-state index in [-0.39, 0.29) is 5.91 Å². The van der Waals surface area contributed by atoms with Gasteiger partial charge in [-0.3, -0.25) is 9.48 Å². The molecule has 3 heterocycles. The van der Waals surface area contributed by atoms with Gasteiger partial charge >= 0.3 is 0 Å². The molecule has 0 unspecified atom stereocenters. The normalized spacial score (nSPS) is 15.6. The molecule has 1 saturated heterocycles. The van der Waals surface area contributed by atoms with Crippen LogP contribution in [0.4, 0.5) is 11.4 Å². The van der Waals surface area contributed by atoms with Crippen LogP contribution >= 0.6 is 11.3 Å². The highest BCUT2D eigenvalue weighted by Gasteiger charge is 2.17. The van der Waals surface area contributed by atoms with Gasteiger partial charge in [0.2, 0.25) is 0 Å². The molecule has 1 aliphatic heterocycles. The molecule has 1 aliphatic rings. The second kappa shape index (κ2) is 6.76. The number of nitrogens with zero attached hydrogens (tertiary/aromatic N) is 3. The molecule has 6 heteroatoms. The van der Waals surface area contributed by atoms with Crippen LogP contribution in [0.25, 0.3) is 10.2 Å². The lowest BCUT2D eigenvalue weighted by atomic mass is 9.99. The van der Waals surface area contributed by atoms with Gasteiger partial charge in [0.15, 0.2) is 0 Å². The first-order chi connectivity index (χ1) is 12.5. The molecule has 0 atom stereocenters. The number of aromatic nitrogens is 2. The van der Waals surface area contributed by atoms with Gasteiger partial charge in [0.05, 0.1) is 10.6 Å². The Hall–Kier alpha value is -2.34. The van der Waals surface area contributed by atoms with E-state index in [0.717, 1.165) is 40.6 Å². The Bertz CT molecular complexity index is 898. The second-order valence-electron chi connectivity index (χ2n) is 7.21.